The van der Waals surface area contributed by atoms with Gasteiger partial charge in [0.1, 0.15) is 6.10 Å². The Bertz CT molecular complexity index is 304. The van der Waals surface area contributed by atoms with Crippen LogP contribution in [0.1, 0.15) is 23.7 Å². The van der Waals surface area contributed by atoms with E-state index in [4.69, 9.17) is 23.2 Å². The first-order chi connectivity index (χ1) is 7.20. The van der Waals surface area contributed by atoms with Crippen molar-refractivity contribution in [1.29, 1.82) is 0 Å². The highest BCUT2D eigenvalue weighted by Crippen LogP contribution is 2.23. The highest BCUT2D eigenvalue weighted by atomic mass is 35.5. The molecule has 2 unspecified atom stereocenters. The summed E-state index contributed by atoms with van der Waals surface area (Å²) >= 11 is 11.2. The van der Waals surface area contributed by atoms with E-state index in [1.54, 1.807) is 6.07 Å². The fourth-order valence-corrected chi connectivity index (χ4v) is 1.89. The number of alkyl halides is 2. The number of hydrogen-bond acceptors (Lipinski definition) is 2. The summed E-state index contributed by atoms with van der Waals surface area (Å²) in [6, 6.07) is 7.25. The molecule has 0 spiro atoms. The van der Waals surface area contributed by atoms with E-state index < -0.39 is 12.2 Å². The van der Waals surface area contributed by atoms with E-state index in [-0.39, 0.29) is 0 Å². The predicted octanol–water partition coefficient (Wildman–Crippen LogP) is 2.45. The summed E-state index contributed by atoms with van der Waals surface area (Å²) in [5.74, 6) is 0.641. The molecule has 15 heavy (non-hydrogen) atoms. The van der Waals surface area contributed by atoms with Crippen LogP contribution in [-0.4, -0.2) is 22.2 Å². The largest absolute Gasteiger partial charge is 0.390 e. The highest BCUT2D eigenvalue weighted by molar-refractivity contribution is 6.17. The van der Waals surface area contributed by atoms with Crippen molar-refractivity contribution in [3.63, 3.8) is 0 Å². The summed E-state index contributed by atoms with van der Waals surface area (Å²) in [6.45, 7) is 0. The third kappa shape index (κ3) is 3.35. The minimum Gasteiger partial charge on any atom is -0.390 e. The molecule has 2 nitrogen and oxygen atoms in total. The van der Waals surface area contributed by atoms with Gasteiger partial charge < -0.3 is 10.2 Å². The van der Waals surface area contributed by atoms with Crippen molar-refractivity contribution in [3.8, 4) is 0 Å². The van der Waals surface area contributed by atoms with Crippen LogP contribution in [0.15, 0.2) is 24.3 Å². The molecule has 0 aliphatic carbocycles. The number of halogens is 2. The average molecular weight is 249 g/mol. The van der Waals surface area contributed by atoms with Crippen LogP contribution in [0.5, 0.6) is 0 Å². The van der Waals surface area contributed by atoms with E-state index in [1.165, 1.54) is 0 Å². The number of rotatable bonds is 5. The smallest absolute Gasteiger partial charge is 0.105 e. The quantitative estimate of drug-likeness (QED) is 0.787. The molecule has 0 saturated carbocycles. The van der Waals surface area contributed by atoms with E-state index in [2.05, 4.69) is 0 Å². The first-order valence-electron chi connectivity index (χ1n) is 4.76. The van der Waals surface area contributed by atoms with Gasteiger partial charge in [-0.15, -0.1) is 23.2 Å². The van der Waals surface area contributed by atoms with Gasteiger partial charge in [-0.2, -0.15) is 0 Å². The molecule has 1 aromatic carbocycles. The molecule has 0 fully saturated rings. The maximum absolute atomic E-state index is 9.86. The molecule has 0 radical (unpaired) electrons. The third-order valence-corrected chi connectivity index (χ3v) is 2.79. The predicted molar refractivity (Wildman–Crippen MR) is 62.3 cm³/mol. The summed E-state index contributed by atoms with van der Waals surface area (Å²) in [5.41, 5.74) is 1.51. The molecule has 0 aliphatic rings. The Morgan fingerprint density at radius 2 is 1.80 bits per heavy atom. The van der Waals surface area contributed by atoms with Gasteiger partial charge in [0, 0.05) is 11.8 Å². The van der Waals surface area contributed by atoms with Crippen LogP contribution >= 0.6 is 23.2 Å². The van der Waals surface area contributed by atoms with Gasteiger partial charge in [-0.25, -0.2) is 0 Å². The van der Waals surface area contributed by atoms with Crippen LogP contribution in [0.4, 0.5) is 0 Å². The second-order valence-electron chi connectivity index (χ2n) is 3.32. The molecular weight excluding hydrogens is 235 g/mol. The monoisotopic (exact) mass is 248 g/mol. The zero-order valence-corrected chi connectivity index (χ0v) is 9.75. The van der Waals surface area contributed by atoms with E-state index >= 15 is 0 Å². The lowest BCUT2D eigenvalue weighted by Crippen LogP contribution is -2.19. The molecule has 0 aromatic heterocycles. The number of aliphatic hydroxyl groups is 2. The van der Waals surface area contributed by atoms with Crippen molar-refractivity contribution >= 4 is 23.2 Å². The normalized spacial score (nSPS) is 14.9. The van der Waals surface area contributed by atoms with E-state index in [9.17, 15) is 10.2 Å². The van der Waals surface area contributed by atoms with Crippen LogP contribution in [0, 0.1) is 0 Å². The Balaban J connectivity index is 2.84. The maximum atomic E-state index is 9.86. The van der Waals surface area contributed by atoms with Gasteiger partial charge in [0.2, 0.25) is 0 Å². The molecule has 0 saturated heterocycles. The lowest BCUT2D eigenvalue weighted by Gasteiger charge is -2.19. The van der Waals surface area contributed by atoms with Crippen molar-refractivity contribution < 1.29 is 10.2 Å². The minimum absolute atomic E-state index is 0.320. The minimum atomic E-state index is -0.918. The van der Waals surface area contributed by atoms with Crippen molar-refractivity contribution in [2.24, 2.45) is 0 Å². The molecule has 0 amide bonds. The molecule has 0 aliphatic heterocycles. The van der Waals surface area contributed by atoms with Crippen molar-refractivity contribution in [1.82, 2.24) is 0 Å². The fraction of sp³-hybridized carbons (Fsp3) is 0.455. The Morgan fingerprint density at radius 3 is 2.40 bits per heavy atom. The second-order valence-corrected chi connectivity index (χ2v) is 3.97. The van der Waals surface area contributed by atoms with Crippen molar-refractivity contribution in [3.05, 3.63) is 35.4 Å². The maximum Gasteiger partial charge on any atom is 0.105 e. The van der Waals surface area contributed by atoms with Crippen molar-refractivity contribution in [2.75, 3.05) is 5.88 Å². The van der Waals surface area contributed by atoms with Gasteiger partial charge in [-0.1, -0.05) is 24.3 Å². The highest BCUT2D eigenvalue weighted by Gasteiger charge is 2.19. The molecule has 0 bridgehead atoms. The summed E-state index contributed by atoms with van der Waals surface area (Å²) in [6.07, 6.45) is -1.40. The summed E-state index contributed by atoms with van der Waals surface area (Å²) in [7, 11) is 0. The van der Waals surface area contributed by atoms with Crippen LogP contribution < -0.4 is 0 Å². The standard InChI is InChI=1S/C11H14Cl2O2/c12-6-5-10(14)11(15)9-4-2-1-3-8(9)7-13/h1-4,10-11,14-15H,5-7H2. The van der Waals surface area contributed by atoms with Crippen molar-refractivity contribution in [2.45, 2.75) is 24.5 Å². The van der Waals surface area contributed by atoms with Crippen LogP contribution in [-0.2, 0) is 5.88 Å². The van der Waals surface area contributed by atoms with Crippen LogP contribution in [0.2, 0.25) is 0 Å². The summed E-state index contributed by atoms with van der Waals surface area (Å²) in [4.78, 5) is 0. The Hall–Kier alpha value is -0.280. The van der Waals surface area contributed by atoms with Gasteiger partial charge in [-0.05, 0) is 17.5 Å². The summed E-state index contributed by atoms with van der Waals surface area (Å²) in [5, 5.41) is 19.5. The molecular formula is C11H14Cl2O2. The number of benzene rings is 1. The van der Waals surface area contributed by atoms with Crippen LogP contribution in [0.25, 0.3) is 0 Å². The van der Waals surface area contributed by atoms with Crippen LogP contribution in [0.3, 0.4) is 0 Å². The first-order valence-corrected chi connectivity index (χ1v) is 5.83. The van der Waals surface area contributed by atoms with E-state index in [1.807, 2.05) is 18.2 Å². The Kier molecular flexibility index (Phi) is 5.40. The lowest BCUT2D eigenvalue weighted by atomic mass is 9.98. The average Bonchev–Trinajstić information content (AvgIpc) is 2.28. The molecule has 1 aromatic rings. The molecule has 84 valence electrons. The molecule has 1 rings (SSSR count). The summed E-state index contributed by atoms with van der Waals surface area (Å²) < 4.78 is 0. The fourth-order valence-electron chi connectivity index (χ4n) is 1.42. The van der Waals surface area contributed by atoms with Gasteiger partial charge >= 0.3 is 0 Å². The molecule has 2 atom stereocenters. The van der Waals surface area contributed by atoms with Gasteiger partial charge in [-0.3, -0.25) is 0 Å². The molecule has 2 N–H and O–H groups in total. The zero-order chi connectivity index (χ0) is 11.3. The van der Waals surface area contributed by atoms with Gasteiger partial charge in [0.15, 0.2) is 0 Å². The zero-order valence-electron chi connectivity index (χ0n) is 8.24. The number of hydrogen-bond donors (Lipinski definition) is 2. The first kappa shape index (κ1) is 12.8. The van der Waals surface area contributed by atoms with E-state index in [0.717, 1.165) is 5.56 Å². The van der Waals surface area contributed by atoms with Gasteiger partial charge in [0.25, 0.3) is 0 Å². The lowest BCUT2D eigenvalue weighted by molar-refractivity contribution is 0.0166. The SMILES string of the molecule is OC(CCCl)C(O)c1ccccc1CCl. The van der Waals surface area contributed by atoms with Gasteiger partial charge in [0.05, 0.1) is 6.10 Å². The second kappa shape index (κ2) is 6.33. The Morgan fingerprint density at radius 1 is 1.13 bits per heavy atom. The topological polar surface area (TPSA) is 40.5 Å². The molecule has 4 heteroatoms. The third-order valence-electron chi connectivity index (χ3n) is 2.29. The van der Waals surface area contributed by atoms with E-state index in [0.29, 0.717) is 23.7 Å². The Labute approximate surface area is 99.5 Å². The number of aliphatic hydroxyl groups excluding tert-OH is 2. The molecule has 0 heterocycles.